The quantitative estimate of drug-likeness (QED) is 0.381. The van der Waals surface area contributed by atoms with Gasteiger partial charge in [-0.05, 0) is 61.5 Å². The molecule has 0 radical (unpaired) electrons. The van der Waals surface area contributed by atoms with Crippen LogP contribution in [0.1, 0.15) is 50.3 Å². The van der Waals surface area contributed by atoms with E-state index in [1.807, 2.05) is 30.3 Å². The maximum atomic E-state index is 14.2. The molecule has 0 saturated heterocycles. The van der Waals surface area contributed by atoms with Gasteiger partial charge in [0, 0.05) is 30.0 Å². The monoisotopic (exact) mass is 405 g/mol. The molecule has 0 N–H and O–H groups in total. The van der Waals surface area contributed by atoms with Crippen LogP contribution in [0, 0.1) is 12.7 Å². The summed E-state index contributed by atoms with van der Waals surface area (Å²) in [5.74, 6) is -0.123. The van der Waals surface area contributed by atoms with E-state index in [9.17, 15) is 4.39 Å². The first kappa shape index (κ1) is 22.2. The van der Waals surface area contributed by atoms with E-state index in [4.69, 9.17) is 0 Å². The van der Waals surface area contributed by atoms with E-state index >= 15 is 0 Å². The number of halogens is 1. The predicted octanol–water partition coefficient (Wildman–Crippen LogP) is 6.26. The minimum Gasteiger partial charge on any atom is -0.301 e. The molecule has 30 heavy (non-hydrogen) atoms. The largest absolute Gasteiger partial charge is 0.301 e. The fourth-order valence-corrected chi connectivity index (χ4v) is 4.04. The van der Waals surface area contributed by atoms with E-state index in [1.54, 1.807) is 6.92 Å². The first-order valence-corrected chi connectivity index (χ1v) is 11.1. The fraction of sp³-hybridized carbons (Fsp3) is 0.370. The Morgan fingerprint density at radius 2 is 1.67 bits per heavy atom. The highest BCUT2D eigenvalue weighted by Gasteiger charge is 2.10. The first-order valence-electron chi connectivity index (χ1n) is 11.1. The van der Waals surface area contributed by atoms with Crippen molar-refractivity contribution >= 4 is 22.9 Å². The molecular weight excluding hydrogens is 371 g/mol. The van der Waals surface area contributed by atoms with Crippen LogP contribution in [0.3, 0.4) is 0 Å². The molecular formula is C27H34FN2+. The third-order valence-corrected chi connectivity index (χ3v) is 6.03. The first-order chi connectivity index (χ1) is 14.5. The van der Waals surface area contributed by atoms with Crippen LogP contribution in [0.2, 0.25) is 0 Å². The van der Waals surface area contributed by atoms with Crippen molar-refractivity contribution in [2.24, 2.45) is 0 Å². The molecule has 1 heterocycles. The summed E-state index contributed by atoms with van der Waals surface area (Å²) in [6.07, 6.45) is 10.9. The zero-order valence-electron chi connectivity index (χ0n) is 18.7. The van der Waals surface area contributed by atoms with Crippen molar-refractivity contribution in [2.75, 3.05) is 13.1 Å². The molecule has 0 saturated carbocycles. The summed E-state index contributed by atoms with van der Waals surface area (Å²) in [4.78, 5) is 2.51. The molecule has 0 spiro atoms. The number of nitrogens with zero attached hydrogens (tertiary/aromatic N) is 2. The molecule has 0 amide bonds. The van der Waals surface area contributed by atoms with E-state index < -0.39 is 0 Å². The molecule has 3 aromatic rings. The average Bonchev–Trinajstić information content (AvgIpc) is 2.76. The molecule has 1 unspecified atom stereocenters. The predicted molar refractivity (Wildman–Crippen MR) is 126 cm³/mol. The third-order valence-electron chi connectivity index (χ3n) is 6.03. The lowest BCUT2D eigenvalue weighted by atomic mass is 10.0. The molecule has 2 nitrogen and oxygen atoms in total. The third kappa shape index (κ3) is 5.54. The van der Waals surface area contributed by atoms with Crippen LogP contribution in [-0.4, -0.2) is 24.0 Å². The standard InChI is InChI=1S/C27H34FN2/c1-5-30(6-2)22(4)8-7-17-29-18-15-23(16-19-29)10-11-24-12-14-26-25(20-24)13-9-21(3)27(26)28/h9-16,18-20,22H,5-8,17H2,1-4H3/q+1/b11-10+. The molecule has 158 valence electrons. The Morgan fingerprint density at radius 3 is 2.37 bits per heavy atom. The second-order valence-electron chi connectivity index (χ2n) is 8.09. The van der Waals surface area contributed by atoms with Crippen LogP contribution in [0.4, 0.5) is 4.39 Å². The molecule has 0 bridgehead atoms. The normalized spacial score (nSPS) is 12.9. The number of fused-ring (bicyclic) bond motifs is 1. The summed E-state index contributed by atoms with van der Waals surface area (Å²) < 4.78 is 16.5. The molecule has 2 aromatic carbocycles. The fourth-order valence-electron chi connectivity index (χ4n) is 4.04. The Labute approximate surface area is 180 Å². The van der Waals surface area contributed by atoms with Crippen molar-refractivity contribution in [3.8, 4) is 0 Å². The maximum Gasteiger partial charge on any atom is 0.169 e. The summed E-state index contributed by atoms with van der Waals surface area (Å²) in [6, 6.07) is 14.6. The van der Waals surface area contributed by atoms with Gasteiger partial charge in [0.15, 0.2) is 12.4 Å². The minimum absolute atomic E-state index is 0.123. The maximum absolute atomic E-state index is 14.2. The Morgan fingerprint density at radius 1 is 0.967 bits per heavy atom. The van der Waals surface area contributed by atoms with Crippen molar-refractivity contribution in [1.82, 2.24) is 4.90 Å². The molecule has 3 heteroatoms. The van der Waals surface area contributed by atoms with Crippen LogP contribution in [0.25, 0.3) is 22.9 Å². The summed E-state index contributed by atoms with van der Waals surface area (Å²) >= 11 is 0. The van der Waals surface area contributed by atoms with Crippen LogP contribution >= 0.6 is 0 Å². The number of aromatic nitrogens is 1. The highest BCUT2D eigenvalue weighted by molar-refractivity contribution is 5.87. The second kappa shape index (κ2) is 10.5. The van der Waals surface area contributed by atoms with Gasteiger partial charge in [-0.1, -0.05) is 50.3 Å². The van der Waals surface area contributed by atoms with Crippen LogP contribution in [0.15, 0.2) is 54.9 Å². The molecule has 0 fully saturated rings. The SMILES string of the molecule is CCN(CC)C(C)CCC[n+]1ccc(/C=C/c2ccc3c(F)c(C)ccc3c2)cc1. The Balaban J connectivity index is 1.58. The van der Waals surface area contributed by atoms with Crippen LogP contribution in [-0.2, 0) is 6.54 Å². The van der Waals surface area contributed by atoms with E-state index in [0.717, 1.165) is 36.1 Å². The van der Waals surface area contributed by atoms with Crippen molar-refractivity contribution in [3.63, 3.8) is 0 Å². The van der Waals surface area contributed by atoms with Gasteiger partial charge in [-0.2, -0.15) is 0 Å². The van der Waals surface area contributed by atoms with Gasteiger partial charge in [0.25, 0.3) is 0 Å². The molecule has 0 aliphatic heterocycles. The summed E-state index contributed by atoms with van der Waals surface area (Å²) in [7, 11) is 0. The number of hydrogen-bond donors (Lipinski definition) is 0. The minimum atomic E-state index is -0.123. The highest BCUT2D eigenvalue weighted by atomic mass is 19.1. The zero-order chi connectivity index (χ0) is 21.5. The van der Waals surface area contributed by atoms with Crippen molar-refractivity contribution in [2.45, 2.75) is 53.1 Å². The lowest BCUT2D eigenvalue weighted by Gasteiger charge is -2.25. The number of hydrogen-bond acceptors (Lipinski definition) is 1. The molecule has 0 aliphatic rings. The van der Waals surface area contributed by atoms with Gasteiger partial charge in [-0.15, -0.1) is 0 Å². The molecule has 0 aliphatic carbocycles. The van der Waals surface area contributed by atoms with Gasteiger partial charge in [-0.3, -0.25) is 0 Å². The Bertz CT molecular complexity index is 988. The number of pyridine rings is 1. The van der Waals surface area contributed by atoms with E-state index in [1.165, 1.54) is 12.8 Å². The van der Waals surface area contributed by atoms with Crippen molar-refractivity contribution in [1.29, 1.82) is 0 Å². The highest BCUT2D eigenvalue weighted by Crippen LogP contribution is 2.22. The van der Waals surface area contributed by atoms with Gasteiger partial charge in [0.05, 0.1) is 0 Å². The summed E-state index contributed by atoms with van der Waals surface area (Å²) in [5.41, 5.74) is 2.93. The lowest BCUT2D eigenvalue weighted by Crippen LogP contribution is -2.36. The smallest absolute Gasteiger partial charge is 0.169 e. The number of benzene rings is 2. The van der Waals surface area contributed by atoms with Gasteiger partial charge < -0.3 is 4.90 Å². The zero-order valence-corrected chi connectivity index (χ0v) is 18.7. The Hall–Kier alpha value is -2.52. The Kier molecular flexibility index (Phi) is 7.75. The van der Waals surface area contributed by atoms with Gasteiger partial charge in [-0.25, -0.2) is 8.96 Å². The van der Waals surface area contributed by atoms with Gasteiger partial charge in [0.2, 0.25) is 0 Å². The molecule has 3 rings (SSSR count). The van der Waals surface area contributed by atoms with E-state index in [-0.39, 0.29) is 5.82 Å². The van der Waals surface area contributed by atoms with Gasteiger partial charge in [0.1, 0.15) is 12.4 Å². The van der Waals surface area contributed by atoms with E-state index in [0.29, 0.717) is 17.0 Å². The summed E-state index contributed by atoms with van der Waals surface area (Å²) in [6.45, 7) is 11.9. The van der Waals surface area contributed by atoms with E-state index in [2.05, 4.69) is 66.9 Å². The lowest BCUT2D eigenvalue weighted by molar-refractivity contribution is -0.697. The van der Waals surface area contributed by atoms with Crippen LogP contribution < -0.4 is 4.57 Å². The number of rotatable bonds is 9. The number of aryl methyl sites for hydroxylation is 2. The average molecular weight is 406 g/mol. The molecule has 1 atom stereocenters. The van der Waals surface area contributed by atoms with Gasteiger partial charge >= 0.3 is 0 Å². The molecule has 1 aromatic heterocycles. The second-order valence-corrected chi connectivity index (χ2v) is 8.09. The van der Waals surface area contributed by atoms with Crippen molar-refractivity contribution in [3.05, 3.63) is 77.4 Å². The summed E-state index contributed by atoms with van der Waals surface area (Å²) in [5, 5.41) is 1.62. The van der Waals surface area contributed by atoms with Crippen LogP contribution in [0.5, 0.6) is 0 Å². The van der Waals surface area contributed by atoms with Crippen molar-refractivity contribution < 1.29 is 8.96 Å². The topological polar surface area (TPSA) is 7.12 Å².